The number of cyclic esters (lactones) is 1. The fourth-order valence-corrected chi connectivity index (χ4v) is 8.50. The van der Waals surface area contributed by atoms with Gasteiger partial charge in [-0.05, 0) is 67.0 Å². The standard InChI is InChI=1S/C40H55FN6O10/c1-11-29-40(8)32(44-37(52)45-40)23(4)30(48)21(2)17-38(6,53-14-12-13-26-16-27(46-57-26)25-18-42-20-43-19-25)34(24(5)33(50)39(7,41)36(51)55-29)56-35-31(49)28(47(9)10)15-22(3)54-35/h16,18-24,28-29,31-32,34-35,49H,11,14-15,17H2,1-10H3,(H2,44,45,52)/t21-,22-,23+,24+,28+,29-,31-,32-,34-,35+,38-,39-,40-/m1/s1. The van der Waals surface area contributed by atoms with Crippen LogP contribution in [0.3, 0.4) is 0 Å². The number of hydrogen-bond donors (Lipinski definition) is 3. The molecule has 0 spiro atoms. The zero-order chi connectivity index (χ0) is 42.0. The minimum absolute atomic E-state index is 0.0917. The van der Waals surface area contributed by atoms with Crippen LogP contribution in [0, 0.1) is 29.6 Å². The number of fused-ring (bicyclic) bond motifs is 1. The van der Waals surface area contributed by atoms with Gasteiger partial charge in [-0.15, -0.1) is 0 Å². The minimum atomic E-state index is -3.20. The number of ether oxygens (including phenoxy) is 4. The van der Waals surface area contributed by atoms with E-state index < -0.39 is 89.0 Å². The Morgan fingerprint density at radius 2 is 1.75 bits per heavy atom. The molecule has 3 N–H and O–H groups in total. The molecule has 0 bridgehead atoms. The number of nitrogens with one attached hydrogen (secondary N) is 2. The molecule has 0 unspecified atom stereocenters. The smallest absolute Gasteiger partial charge is 0.351 e. The number of nitrogens with zero attached hydrogens (tertiary/aromatic N) is 4. The number of rotatable bonds is 7. The second-order valence-corrected chi connectivity index (χ2v) is 16.3. The van der Waals surface area contributed by atoms with Crippen LogP contribution in [0.15, 0.2) is 29.3 Å². The van der Waals surface area contributed by atoms with Crippen LogP contribution in [0.4, 0.5) is 9.18 Å². The van der Waals surface area contributed by atoms with Crippen molar-refractivity contribution in [2.24, 2.45) is 17.8 Å². The number of hydrogen-bond acceptors (Lipinski definition) is 14. The molecule has 0 aromatic carbocycles. The van der Waals surface area contributed by atoms with Crippen molar-refractivity contribution in [2.75, 3.05) is 20.7 Å². The Morgan fingerprint density at radius 3 is 2.40 bits per heavy atom. The topological polar surface area (TPSA) is 205 Å². The fourth-order valence-electron chi connectivity index (χ4n) is 8.50. The fraction of sp³-hybridized carbons (Fsp3) is 0.675. The molecule has 5 heterocycles. The number of carbonyl (C=O) groups is 4. The first kappa shape index (κ1) is 43.8. The van der Waals surface area contributed by atoms with E-state index in [1.807, 2.05) is 11.8 Å². The maximum Gasteiger partial charge on any atom is 0.351 e. The number of amides is 2. The summed E-state index contributed by atoms with van der Waals surface area (Å²) < 4.78 is 47.2. The minimum Gasteiger partial charge on any atom is -0.457 e. The van der Waals surface area contributed by atoms with Crippen LogP contribution in [-0.2, 0) is 33.3 Å². The number of aliphatic hydroxyl groups excluding tert-OH is 1. The molecule has 2 amide bonds. The van der Waals surface area contributed by atoms with Crippen molar-refractivity contribution in [1.29, 1.82) is 0 Å². The Bertz CT molecular complexity index is 1850. The first-order valence-electron chi connectivity index (χ1n) is 19.3. The van der Waals surface area contributed by atoms with E-state index in [4.69, 9.17) is 23.5 Å². The van der Waals surface area contributed by atoms with Crippen molar-refractivity contribution >= 4 is 23.6 Å². The molecule has 17 heteroatoms. The highest BCUT2D eigenvalue weighted by Crippen LogP contribution is 2.40. The molecular formula is C40H55FN6O10. The van der Waals surface area contributed by atoms with Crippen LogP contribution < -0.4 is 10.6 Å². The molecule has 5 rings (SSSR count). The van der Waals surface area contributed by atoms with Crippen LogP contribution >= 0.6 is 0 Å². The van der Waals surface area contributed by atoms with Crippen LogP contribution in [-0.4, -0.2) is 129 Å². The Hall–Kier alpha value is -4.34. The van der Waals surface area contributed by atoms with Gasteiger partial charge in [0.1, 0.15) is 36.6 Å². The number of Topliss-reactive ketones (excluding diaryl/α,β-unsaturated/α-hetero) is 2. The van der Waals surface area contributed by atoms with Crippen molar-refractivity contribution in [3.63, 3.8) is 0 Å². The zero-order valence-electron chi connectivity index (χ0n) is 34.2. The van der Waals surface area contributed by atoms with E-state index in [-0.39, 0.29) is 37.1 Å². The van der Waals surface area contributed by atoms with Crippen molar-refractivity contribution in [1.82, 2.24) is 30.7 Å². The van der Waals surface area contributed by atoms with Gasteiger partial charge in [0.05, 0.1) is 29.4 Å². The Balaban J connectivity index is 1.57. The summed E-state index contributed by atoms with van der Waals surface area (Å²) in [6, 6.07) is -0.277. The van der Waals surface area contributed by atoms with E-state index in [1.54, 1.807) is 67.2 Å². The molecule has 3 fully saturated rings. The number of carbonyl (C=O) groups excluding carboxylic acids is 4. The highest BCUT2D eigenvalue weighted by Gasteiger charge is 2.58. The van der Waals surface area contributed by atoms with Gasteiger partial charge in [-0.2, -0.15) is 0 Å². The first-order chi connectivity index (χ1) is 26.7. The molecule has 0 aliphatic carbocycles. The maximum atomic E-state index is 16.9. The second-order valence-electron chi connectivity index (χ2n) is 16.3. The largest absolute Gasteiger partial charge is 0.457 e. The van der Waals surface area contributed by atoms with Crippen molar-refractivity contribution < 1.29 is 52.1 Å². The Labute approximate surface area is 332 Å². The van der Waals surface area contributed by atoms with Gasteiger partial charge in [-0.3, -0.25) is 9.59 Å². The highest BCUT2D eigenvalue weighted by atomic mass is 19.1. The average Bonchev–Trinajstić information content (AvgIpc) is 3.77. The third-order valence-corrected chi connectivity index (χ3v) is 11.7. The van der Waals surface area contributed by atoms with E-state index in [2.05, 4.69) is 37.6 Å². The number of alkyl halides is 1. The lowest BCUT2D eigenvalue weighted by molar-refractivity contribution is -0.296. The summed E-state index contributed by atoms with van der Waals surface area (Å²) in [5, 5.41) is 21.1. The van der Waals surface area contributed by atoms with Gasteiger partial charge in [0.25, 0.3) is 5.67 Å². The Morgan fingerprint density at radius 1 is 1.07 bits per heavy atom. The van der Waals surface area contributed by atoms with E-state index in [9.17, 15) is 24.3 Å². The summed E-state index contributed by atoms with van der Waals surface area (Å²) >= 11 is 0. The maximum absolute atomic E-state index is 16.9. The van der Waals surface area contributed by atoms with Crippen molar-refractivity contribution in [2.45, 2.75) is 134 Å². The molecule has 3 saturated heterocycles. The zero-order valence-corrected chi connectivity index (χ0v) is 34.2. The van der Waals surface area contributed by atoms with Gasteiger partial charge >= 0.3 is 12.0 Å². The number of likely N-dealkylation sites (N-methyl/N-ethyl adjacent to an activating group) is 1. The SMILES string of the molecule is CC[C@H]1OC(=O)[C@](C)(F)C(=O)[C@H](C)[C@@H](O[C@@H]2O[C@H](C)C[C@H](N(C)C)[C@H]2O)[C@](C)(OCC#Cc2cc(-c3cncnc3)no2)C[C@@H](C)C(=O)[C@H](C)[C@H]2NC(=O)N[C@@]21C. The molecule has 57 heavy (non-hydrogen) atoms. The van der Waals surface area contributed by atoms with E-state index in [0.717, 1.165) is 6.92 Å². The second kappa shape index (κ2) is 17.3. The first-order valence-corrected chi connectivity index (χ1v) is 19.3. The summed E-state index contributed by atoms with van der Waals surface area (Å²) in [5.41, 5.74) is -5.09. The van der Waals surface area contributed by atoms with Crippen molar-refractivity contribution in [3.8, 4) is 23.1 Å². The van der Waals surface area contributed by atoms with E-state index >= 15 is 4.39 Å². The van der Waals surface area contributed by atoms with E-state index in [0.29, 0.717) is 17.7 Å². The van der Waals surface area contributed by atoms with E-state index in [1.165, 1.54) is 13.3 Å². The molecule has 2 aromatic rings. The molecule has 13 atom stereocenters. The lowest BCUT2D eigenvalue weighted by Gasteiger charge is -2.47. The van der Waals surface area contributed by atoms with Gasteiger partial charge in [-0.25, -0.2) is 23.9 Å². The van der Waals surface area contributed by atoms with Gasteiger partial charge in [0.15, 0.2) is 12.1 Å². The Kier molecular flexibility index (Phi) is 13.3. The molecule has 3 aliphatic heterocycles. The summed E-state index contributed by atoms with van der Waals surface area (Å²) in [7, 11) is 3.61. The number of aromatic nitrogens is 3. The number of aliphatic hydroxyl groups is 1. The number of ketones is 2. The van der Waals surface area contributed by atoms with Gasteiger partial charge < -0.3 is 44.1 Å². The normalized spacial score (nSPS) is 38.0. The van der Waals surface area contributed by atoms with Gasteiger partial charge in [0, 0.05) is 47.8 Å². The number of esters is 1. The third kappa shape index (κ3) is 9.05. The molecule has 0 saturated carbocycles. The summed E-state index contributed by atoms with van der Waals surface area (Å²) in [4.78, 5) is 65.2. The quantitative estimate of drug-likeness (QED) is 0.209. The molecule has 312 valence electrons. The summed E-state index contributed by atoms with van der Waals surface area (Å²) in [6.45, 7) is 12.0. The number of halogens is 1. The summed E-state index contributed by atoms with van der Waals surface area (Å²) in [6.07, 6.45) is -0.422. The average molecular weight is 799 g/mol. The van der Waals surface area contributed by atoms with Crippen LogP contribution in [0.1, 0.15) is 80.4 Å². The van der Waals surface area contributed by atoms with Crippen LogP contribution in [0.2, 0.25) is 0 Å². The molecule has 0 radical (unpaired) electrons. The third-order valence-electron chi connectivity index (χ3n) is 11.7. The van der Waals surface area contributed by atoms with Gasteiger partial charge in [0.2, 0.25) is 5.76 Å². The highest BCUT2D eigenvalue weighted by molar-refractivity contribution is 6.08. The van der Waals surface area contributed by atoms with Crippen LogP contribution in [0.5, 0.6) is 0 Å². The predicted molar refractivity (Wildman–Crippen MR) is 202 cm³/mol. The molecule has 16 nitrogen and oxygen atoms in total. The predicted octanol–water partition coefficient (Wildman–Crippen LogP) is 3.01. The summed E-state index contributed by atoms with van der Waals surface area (Å²) in [5.74, 6) is -0.0489. The lowest BCUT2D eigenvalue weighted by Crippen LogP contribution is -2.63. The molecule has 2 aromatic heterocycles. The van der Waals surface area contributed by atoms with Gasteiger partial charge in [-0.1, -0.05) is 38.8 Å². The van der Waals surface area contributed by atoms with Crippen LogP contribution in [0.25, 0.3) is 11.3 Å². The lowest BCUT2D eigenvalue weighted by atomic mass is 9.72. The number of urea groups is 1. The monoisotopic (exact) mass is 798 g/mol. The van der Waals surface area contributed by atoms with Crippen molar-refractivity contribution in [3.05, 3.63) is 30.5 Å². The molecular weight excluding hydrogens is 743 g/mol. The molecule has 3 aliphatic rings.